The van der Waals surface area contributed by atoms with Gasteiger partial charge in [-0.05, 0) is 27.1 Å². The number of rotatable bonds is 4. The standard InChI is InChI=1S/C14H20N4O/c1-10(9-17(2)3)15-13-11-7-5-6-8-12(11)14(19)18(4)16-13/h5-8,10H,9H2,1-4H3,(H,15,16). The van der Waals surface area contributed by atoms with Crippen molar-refractivity contribution in [2.24, 2.45) is 7.05 Å². The molecule has 1 aromatic carbocycles. The Labute approximate surface area is 112 Å². The van der Waals surface area contributed by atoms with Gasteiger partial charge in [0.05, 0.1) is 5.39 Å². The van der Waals surface area contributed by atoms with Gasteiger partial charge >= 0.3 is 0 Å². The molecule has 2 aromatic rings. The second-order valence-corrected chi connectivity index (χ2v) is 5.13. The van der Waals surface area contributed by atoms with E-state index in [1.165, 1.54) is 4.68 Å². The number of fused-ring (bicyclic) bond motifs is 1. The minimum atomic E-state index is -0.0681. The second kappa shape index (κ2) is 5.40. The first-order valence-electron chi connectivity index (χ1n) is 6.36. The summed E-state index contributed by atoms with van der Waals surface area (Å²) in [6, 6.07) is 7.81. The van der Waals surface area contributed by atoms with E-state index >= 15 is 0 Å². The Balaban J connectivity index is 2.43. The Kier molecular flexibility index (Phi) is 3.85. The van der Waals surface area contributed by atoms with E-state index in [2.05, 4.69) is 22.2 Å². The zero-order chi connectivity index (χ0) is 14.0. The lowest BCUT2D eigenvalue weighted by atomic mass is 10.2. The smallest absolute Gasteiger partial charge is 0.274 e. The van der Waals surface area contributed by atoms with Crippen molar-refractivity contribution in [2.75, 3.05) is 26.0 Å². The molecule has 1 unspecified atom stereocenters. The van der Waals surface area contributed by atoms with Gasteiger partial charge in [-0.1, -0.05) is 18.2 Å². The maximum absolute atomic E-state index is 12.0. The maximum atomic E-state index is 12.0. The fourth-order valence-electron chi connectivity index (χ4n) is 2.23. The van der Waals surface area contributed by atoms with Gasteiger partial charge in [0.25, 0.3) is 5.56 Å². The van der Waals surface area contributed by atoms with Crippen molar-refractivity contribution in [3.63, 3.8) is 0 Å². The van der Waals surface area contributed by atoms with Gasteiger partial charge < -0.3 is 10.2 Å². The number of nitrogens with one attached hydrogen (secondary N) is 1. The Morgan fingerprint density at radius 2 is 1.95 bits per heavy atom. The number of likely N-dealkylation sites (N-methyl/N-ethyl adjacent to an activating group) is 1. The number of aromatic nitrogens is 2. The molecular formula is C14H20N4O. The highest BCUT2D eigenvalue weighted by Gasteiger charge is 2.11. The van der Waals surface area contributed by atoms with Gasteiger partial charge in [-0.2, -0.15) is 5.10 Å². The minimum absolute atomic E-state index is 0.0681. The number of anilines is 1. The number of hydrogen-bond donors (Lipinski definition) is 1. The first kappa shape index (κ1) is 13.5. The van der Waals surface area contributed by atoms with E-state index in [4.69, 9.17) is 0 Å². The Morgan fingerprint density at radius 3 is 2.58 bits per heavy atom. The molecule has 5 heteroatoms. The molecule has 102 valence electrons. The lowest BCUT2D eigenvalue weighted by Crippen LogP contribution is -2.31. The van der Waals surface area contributed by atoms with Crippen LogP contribution in [0.2, 0.25) is 0 Å². The molecule has 1 aromatic heterocycles. The van der Waals surface area contributed by atoms with Gasteiger partial charge in [-0.15, -0.1) is 0 Å². The van der Waals surface area contributed by atoms with Crippen LogP contribution in [0.25, 0.3) is 10.8 Å². The summed E-state index contributed by atoms with van der Waals surface area (Å²) >= 11 is 0. The molecule has 1 N–H and O–H groups in total. The summed E-state index contributed by atoms with van der Waals surface area (Å²) < 4.78 is 1.38. The number of benzene rings is 1. The molecule has 0 aliphatic rings. The molecule has 1 atom stereocenters. The fraction of sp³-hybridized carbons (Fsp3) is 0.429. The molecule has 2 rings (SSSR count). The molecule has 0 saturated heterocycles. The van der Waals surface area contributed by atoms with Crippen molar-refractivity contribution in [1.29, 1.82) is 0 Å². The van der Waals surface area contributed by atoms with Crippen LogP contribution in [-0.4, -0.2) is 41.4 Å². The summed E-state index contributed by atoms with van der Waals surface area (Å²) in [6.45, 7) is 3.00. The zero-order valence-electron chi connectivity index (χ0n) is 11.8. The molecule has 0 spiro atoms. The van der Waals surface area contributed by atoms with Crippen molar-refractivity contribution in [3.05, 3.63) is 34.6 Å². The van der Waals surface area contributed by atoms with Crippen molar-refractivity contribution >= 4 is 16.6 Å². The fourth-order valence-corrected chi connectivity index (χ4v) is 2.23. The van der Waals surface area contributed by atoms with Crippen LogP contribution in [0.5, 0.6) is 0 Å². The summed E-state index contributed by atoms with van der Waals surface area (Å²) in [4.78, 5) is 14.1. The van der Waals surface area contributed by atoms with Gasteiger partial charge in [-0.3, -0.25) is 4.79 Å². The first-order chi connectivity index (χ1) is 8.99. The molecule has 0 fully saturated rings. The SMILES string of the molecule is CC(CN(C)C)Nc1nn(C)c(=O)c2ccccc12. The topological polar surface area (TPSA) is 50.2 Å². The van der Waals surface area contributed by atoms with Gasteiger partial charge in [0.1, 0.15) is 0 Å². The predicted octanol–water partition coefficient (Wildman–Crippen LogP) is 1.30. The third kappa shape index (κ3) is 2.93. The molecule has 0 aliphatic carbocycles. The quantitative estimate of drug-likeness (QED) is 0.900. The predicted molar refractivity (Wildman–Crippen MR) is 78.6 cm³/mol. The van der Waals surface area contributed by atoms with Crippen LogP contribution < -0.4 is 10.9 Å². The number of nitrogens with zero attached hydrogens (tertiary/aromatic N) is 3. The summed E-state index contributed by atoms with van der Waals surface area (Å²) in [5.41, 5.74) is -0.0681. The molecule has 0 saturated carbocycles. The average Bonchev–Trinajstić information content (AvgIpc) is 2.34. The van der Waals surface area contributed by atoms with Crippen LogP contribution in [0.1, 0.15) is 6.92 Å². The van der Waals surface area contributed by atoms with Gasteiger partial charge in [0.2, 0.25) is 0 Å². The van der Waals surface area contributed by atoms with Crippen LogP contribution in [-0.2, 0) is 7.05 Å². The van der Waals surface area contributed by atoms with E-state index in [9.17, 15) is 4.79 Å². The molecule has 19 heavy (non-hydrogen) atoms. The third-order valence-corrected chi connectivity index (χ3v) is 2.98. The van der Waals surface area contributed by atoms with Crippen molar-refractivity contribution in [1.82, 2.24) is 14.7 Å². The number of hydrogen-bond acceptors (Lipinski definition) is 4. The Bertz CT molecular complexity index is 633. The highest BCUT2D eigenvalue weighted by molar-refractivity contribution is 5.90. The van der Waals surface area contributed by atoms with Crippen LogP contribution in [0.15, 0.2) is 29.1 Å². The first-order valence-corrected chi connectivity index (χ1v) is 6.36. The maximum Gasteiger partial charge on any atom is 0.274 e. The molecule has 0 amide bonds. The van der Waals surface area contributed by atoms with Crippen LogP contribution >= 0.6 is 0 Å². The van der Waals surface area contributed by atoms with Crippen molar-refractivity contribution in [2.45, 2.75) is 13.0 Å². The highest BCUT2D eigenvalue weighted by Crippen LogP contribution is 2.18. The lowest BCUT2D eigenvalue weighted by Gasteiger charge is -2.20. The zero-order valence-corrected chi connectivity index (χ0v) is 11.8. The van der Waals surface area contributed by atoms with Gasteiger partial charge in [0.15, 0.2) is 5.82 Å². The normalized spacial score (nSPS) is 12.9. The van der Waals surface area contributed by atoms with Crippen LogP contribution in [0, 0.1) is 0 Å². The number of aryl methyl sites for hydroxylation is 1. The van der Waals surface area contributed by atoms with Crippen LogP contribution in [0.4, 0.5) is 5.82 Å². The molecule has 0 bridgehead atoms. The minimum Gasteiger partial charge on any atom is -0.364 e. The summed E-state index contributed by atoms with van der Waals surface area (Å²) in [6.07, 6.45) is 0. The van der Waals surface area contributed by atoms with E-state index in [-0.39, 0.29) is 11.6 Å². The molecule has 5 nitrogen and oxygen atoms in total. The third-order valence-electron chi connectivity index (χ3n) is 2.98. The van der Waals surface area contributed by atoms with Crippen molar-refractivity contribution in [3.8, 4) is 0 Å². The van der Waals surface area contributed by atoms with Gasteiger partial charge in [0, 0.05) is 25.0 Å². The molecule has 1 heterocycles. The molecular weight excluding hydrogens is 240 g/mol. The van der Waals surface area contributed by atoms with E-state index in [0.717, 1.165) is 17.7 Å². The molecule has 0 radical (unpaired) electrons. The largest absolute Gasteiger partial charge is 0.364 e. The lowest BCUT2D eigenvalue weighted by molar-refractivity contribution is 0.391. The summed E-state index contributed by atoms with van der Waals surface area (Å²) in [7, 11) is 5.74. The van der Waals surface area contributed by atoms with E-state index < -0.39 is 0 Å². The van der Waals surface area contributed by atoms with Gasteiger partial charge in [-0.25, -0.2) is 4.68 Å². The van der Waals surface area contributed by atoms with E-state index in [1.807, 2.05) is 38.4 Å². The van der Waals surface area contributed by atoms with E-state index in [1.54, 1.807) is 7.05 Å². The van der Waals surface area contributed by atoms with E-state index in [0.29, 0.717) is 5.39 Å². The van der Waals surface area contributed by atoms with Crippen molar-refractivity contribution < 1.29 is 0 Å². The highest BCUT2D eigenvalue weighted by atomic mass is 16.1. The monoisotopic (exact) mass is 260 g/mol. The second-order valence-electron chi connectivity index (χ2n) is 5.13. The summed E-state index contributed by atoms with van der Waals surface area (Å²) in [5.74, 6) is 0.757. The van der Waals surface area contributed by atoms with Crippen LogP contribution in [0.3, 0.4) is 0 Å². The average molecular weight is 260 g/mol. The summed E-state index contributed by atoms with van der Waals surface area (Å²) in [5, 5.41) is 9.26. The molecule has 0 aliphatic heterocycles. The Morgan fingerprint density at radius 1 is 1.32 bits per heavy atom. The Hall–Kier alpha value is -1.88.